The number of likely N-dealkylation sites (tertiary alicyclic amines) is 1. The van der Waals surface area contributed by atoms with E-state index in [-0.39, 0.29) is 18.7 Å². The lowest BCUT2D eigenvalue weighted by molar-refractivity contribution is 0.0373. The van der Waals surface area contributed by atoms with Gasteiger partial charge in [-0.05, 0) is 33.5 Å². The molecule has 1 fully saturated rings. The number of ether oxygens (including phenoxy) is 1. The average Bonchev–Trinajstić information content (AvgIpc) is 2.30. The summed E-state index contributed by atoms with van der Waals surface area (Å²) in [7, 11) is 5.84. The number of methoxy groups -OCH3 is 1. The van der Waals surface area contributed by atoms with E-state index < -0.39 is 0 Å². The fraction of sp³-hybridized carbons (Fsp3) is 1.00. The highest BCUT2D eigenvalue weighted by Crippen LogP contribution is 2.16. The molecule has 0 saturated carbocycles. The van der Waals surface area contributed by atoms with Gasteiger partial charge < -0.3 is 20.5 Å². The van der Waals surface area contributed by atoms with Gasteiger partial charge in [-0.15, -0.1) is 0 Å². The highest BCUT2D eigenvalue weighted by molar-refractivity contribution is 4.87. The highest BCUT2D eigenvalue weighted by atomic mass is 16.5. The molecule has 1 saturated heterocycles. The number of aliphatic hydroxyl groups excluding tert-OH is 1. The first kappa shape index (κ1) is 14.9. The van der Waals surface area contributed by atoms with Gasteiger partial charge in [0.25, 0.3) is 0 Å². The van der Waals surface area contributed by atoms with E-state index in [9.17, 15) is 5.11 Å². The zero-order valence-electron chi connectivity index (χ0n) is 11.3. The summed E-state index contributed by atoms with van der Waals surface area (Å²) in [6.07, 6.45) is 2.39. The van der Waals surface area contributed by atoms with Crippen LogP contribution in [0.5, 0.6) is 0 Å². The minimum atomic E-state index is -0.137. The molecule has 0 aromatic rings. The van der Waals surface area contributed by atoms with E-state index in [1.807, 2.05) is 0 Å². The van der Waals surface area contributed by atoms with Crippen LogP contribution in [0.15, 0.2) is 0 Å². The number of likely N-dealkylation sites (N-methyl/N-ethyl adjacent to an activating group) is 2. The van der Waals surface area contributed by atoms with E-state index in [0.29, 0.717) is 12.6 Å². The van der Waals surface area contributed by atoms with Crippen molar-refractivity contribution in [3.05, 3.63) is 0 Å². The molecule has 0 spiro atoms. The van der Waals surface area contributed by atoms with Crippen molar-refractivity contribution in [3.63, 3.8) is 0 Å². The van der Waals surface area contributed by atoms with Gasteiger partial charge in [-0.3, -0.25) is 4.90 Å². The third-order valence-electron chi connectivity index (χ3n) is 3.74. The molecule has 0 amide bonds. The number of hydrogen-bond donors (Lipinski definition) is 2. The molecule has 1 aliphatic rings. The van der Waals surface area contributed by atoms with Crippen molar-refractivity contribution in [2.75, 3.05) is 47.5 Å². The minimum absolute atomic E-state index is 0.0218. The van der Waals surface area contributed by atoms with Gasteiger partial charge in [-0.25, -0.2) is 0 Å². The second kappa shape index (κ2) is 7.28. The average molecular weight is 245 g/mol. The van der Waals surface area contributed by atoms with Crippen LogP contribution in [-0.2, 0) is 4.74 Å². The molecule has 0 aromatic heterocycles. The Bertz CT molecular complexity index is 216. The van der Waals surface area contributed by atoms with Crippen LogP contribution in [0.2, 0.25) is 0 Å². The summed E-state index contributed by atoms with van der Waals surface area (Å²) in [6, 6.07) is 0.322. The van der Waals surface area contributed by atoms with Gasteiger partial charge in [0.15, 0.2) is 0 Å². The van der Waals surface area contributed by atoms with Gasteiger partial charge in [-0.1, -0.05) is 0 Å². The predicted molar refractivity (Wildman–Crippen MR) is 69.0 cm³/mol. The highest BCUT2D eigenvalue weighted by Gasteiger charge is 2.29. The molecule has 0 aliphatic carbocycles. The molecule has 0 radical (unpaired) electrons. The molecule has 17 heavy (non-hydrogen) atoms. The summed E-state index contributed by atoms with van der Waals surface area (Å²) in [5.41, 5.74) is 6.04. The predicted octanol–water partition coefficient (Wildman–Crippen LogP) is -0.653. The molecule has 0 bridgehead atoms. The molecule has 102 valence electrons. The lowest BCUT2D eigenvalue weighted by Gasteiger charge is -2.41. The zero-order chi connectivity index (χ0) is 12.8. The zero-order valence-corrected chi connectivity index (χ0v) is 11.3. The number of nitrogens with zero attached hydrogens (tertiary/aromatic N) is 2. The lowest BCUT2D eigenvalue weighted by Crippen LogP contribution is -2.57. The Morgan fingerprint density at radius 3 is 2.82 bits per heavy atom. The van der Waals surface area contributed by atoms with Crippen LogP contribution in [0.1, 0.15) is 12.8 Å². The summed E-state index contributed by atoms with van der Waals surface area (Å²) in [6.45, 7) is 2.78. The van der Waals surface area contributed by atoms with Crippen molar-refractivity contribution in [2.24, 2.45) is 5.73 Å². The van der Waals surface area contributed by atoms with E-state index in [2.05, 4.69) is 23.9 Å². The number of piperidine rings is 1. The standard InChI is InChI=1S/C12H27N3O2/c1-14-6-4-5-10(7-14)15(2)12(8-16)11(13)9-17-3/h10-12,16H,4-9,13H2,1-3H3. The smallest absolute Gasteiger partial charge is 0.0629 e. The second-order valence-electron chi connectivity index (χ2n) is 5.09. The summed E-state index contributed by atoms with van der Waals surface area (Å²) in [5.74, 6) is 0. The summed E-state index contributed by atoms with van der Waals surface area (Å²) < 4.78 is 5.07. The Hall–Kier alpha value is -0.200. The van der Waals surface area contributed by atoms with Crippen molar-refractivity contribution in [1.82, 2.24) is 9.80 Å². The number of nitrogens with two attached hydrogens (primary N) is 1. The lowest BCUT2D eigenvalue weighted by atomic mass is 10.0. The minimum Gasteiger partial charge on any atom is -0.395 e. The van der Waals surface area contributed by atoms with Gasteiger partial charge in [0, 0.05) is 25.7 Å². The van der Waals surface area contributed by atoms with Crippen molar-refractivity contribution >= 4 is 0 Å². The molecule has 3 atom stereocenters. The molecular formula is C12H27N3O2. The molecule has 3 N–H and O–H groups in total. The fourth-order valence-electron chi connectivity index (χ4n) is 2.61. The molecular weight excluding hydrogens is 218 g/mol. The maximum absolute atomic E-state index is 9.50. The Labute approximate surface area is 105 Å². The van der Waals surface area contributed by atoms with Crippen molar-refractivity contribution in [3.8, 4) is 0 Å². The first-order valence-corrected chi connectivity index (χ1v) is 6.36. The van der Waals surface area contributed by atoms with Crippen LogP contribution >= 0.6 is 0 Å². The Kier molecular flexibility index (Phi) is 6.37. The van der Waals surface area contributed by atoms with Gasteiger partial charge in [-0.2, -0.15) is 0 Å². The summed E-state index contributed by atoms with van der Waals surface area (Å²) >= 11 is 0. The van der Waals surface area contributed by atoms with Crippen LogP contribution < -0.4 is 5.73 Å². The normalized spacial score (nSPS) is 26.1. The van der Waals surface area contributed by atoms with E-state index in [0.717, 1.165) is 13.1 Å². The van der Waals surface area contributed by atoms with Crippen LogP contribution in [0, 0.1) is 0 Å². The Morgan fingerprint density at radius 2 is 2.29 bits per heavy atom. The number of aliphatic hydroxyl groups is 1. The van der Waals surface area contributed by atoms with Gasteiger partial charge >= 0.3 is 0 Å². The topological polar surface area (TPSA) is 62.0 Å². The molecule has 5 heteroatoms. The second-order valence-corrected chi connectivity index (χ2v) is 5.09. The Balaban J connectivity index is 2.54. The van der Waals surface area contributed by atoms with E-state index in [1.165, 1.54) is 12.8 Å². The summed E-state index contributed by atoms with van der Waals surface area (Å²) in [4.78, 5) is 4.56. The maximum Gasteiger partial charge on any atom is 0.0629 e. The first-order valence-electron chi connectivity index (χ1n) is 6.36. The largest absolute Gasteiger partial charge is 0.395 e. The number of hydrogen-bond acceptors (Lipinski definition) is 5. The van der Waals surface area contributed by atoms with E-state index >= 15 is 0 Å². The quantitative estimate of drug-likeness (QED) is 0.651. The molecule has 1 aliphatic heterocycles. The third kappa shape index (κ3) is 4.19. The van der Waals surface area contributed by atoms with Crippen LogP contribution in [-0.4, -0.2) is 80.5 Å². The van der Waals surface area contributed by atoms with Crippen molar-refractivity contribution in [2.45, 2.75) is 31.0 Å². The van der Waals surface area contributed by atoms with Crippen LogP contribution in [0.4, 0.5) is 0 Å². The van der Waals surface area contributed by atoms with Gasteiger partial charge in [0.2, 0.25) is 0 Å². The van der Waals surface area contributed by atoms with Crippen LogP contribution in [0.3, 0.4) is 0 Å². The SMILES string of the molecule is COCC(N)C(CO)N(C)C1CCCN(C)C1. The maximum atomic E-state index is 9.50. The molecule has 1 heterocycles. The molecule has 3 unspecified atom stereocenters. The van der Waals surface area contributed by atoms with Gasteiger partial charge in [0.1, 0.15) is 0 Å². The van der Waals surface area contributed by atoms with Gasteiger partial charge in [0.05, 0.1) is 19.3 Å². The van der Waals surface area contributed by atoms with Crippen LogP contribution in [0.25, 0.3) is 0 Å². The third-order valence-corrected chi connectivity index (χ3v) is 3.74. The molecule has 1 rings (SSSR count). The summed E-state index contributed by atoms with van der Waals surface area (Å²) in [5, 5.41) is 9.50. The molecule has 5 nitrogen and oxygen atoms in total. The van der Waals surface area contributed by atoms with Crippen molar-refractivity contribution < 1.29 is 9.84 Å². The Morgan fingerprint density at radius 1 is 1.59 bits per heavy atom. The van der Waals surface area contributed by atoms with E-state index in [4.69, 9.17) is 10.5 Å². The number of rotatable bonds is 6. The van der Waals surface area contributed by atoms with E-state index in [1.54, 1.807) is 7.11 Å². The first-order chi connectivity index (χ1) is 8.10. The monoisotopic (exact) mass is 245 g/mol. The fourth-order valence-corrected chi connectivity index (χ4v) is 2.61. The van der Waals surface area contributed by atoms with Crippen molar-refractivity contribution in [1.29, 1.82) is 0 Å². The molecule has 0 aromatic carbocycles.